The Bertz CT molecular complexity index is 471. The average Bonchev–Trinajstić information content (AvgIpc) is 2.92. The van der Waals surface area contributed by atoms with Crippen molar-refractivity contribution in [2.45, 2.75) is 64.2 Å². The van der Waals surface area contributed by atoms with E-state index in [-0.39, 0.29) is 0 Å². The standard InChI is InChI=1S/C18H29N3/c19-15-11-7-5-3-1-2-4-6-8-14-18-20-16-12-9-10-13-17(16)21-18/h9-10,12-13H,1-8,11,14-15,19H2,(H,20,21). The van der Waals surface area contributed by atoms with Crippen LogP contribution >= 0.6 is 0 Å². The van der Waals surface area contributed by atoms with Gasteiger partial charge in [-0.3, -0.25) is 0 Å². The number of nitrogens with two attached hydrogens (primary N) is 1. The Labute approximate surface area is 128 Å². The molecule has 0 amide bonds. The molecule has 0 unspecified atom stereocenters. The highest BCUT2D eigenvalue weighted by molar-refractivity contribution is 5.74. The molecule has 3 heteroatoms. The first-order chi connectivity index (χ1) is 10.4. The maximum Gasteiger partial charge on any atom is 0.107 e. The predicted octanol–water partition coefficient (Wildman–Crippen LogP) is 4.58. The number of nitrogens with zero attached hydrogens (tertiary/aromatic N) is 1. The molecule has 2 rings (SSSR count). The second kappa shape index (κ2) is 9.56. The lowest BCUT2D eigenvalue weighted by Gasteiger charge is -2.01. The zero-order valence-electron chi connectivity index (χ0n) is 13.1. The fourth-order valence-electron chi connectivity index (χ4n) is 2.80. The summed E-state index contributed by atoms with van der Waals surface area (Å²) in [5, 5.41) is 0. The van der Waals surface area contributed by atoms with Crippen molar-refractivity contribution in [3.63, 3.8) is 0 Å². The Morgan fingerprint density at radius 3 is 2.10 bits per heavy atom. The minimum atomic E-state index is 0.849. The summed E-state index contributed by atoms with van der Waals surface area (Å²) in [6.07, 6.45) is 13.0. The van der Waals surface area contributed by atoms with Gasteiger partial charge in [0.1, 0.15) is 5.82 Å². The Morgan fingerprint density at radius 2 is 1.43 bits per heavy atom. The fourth-order valence-corrected chi connectivity index (χ4v) is 2.80. The fraction of sp³-hybridized carbons (Fsp3) is 0.611. The van der Waals surface area contributed by atoms with Crippen LogP contribution < -0.4 is 5.73 Å². The predicted molar refractivity (Wildman–Crippen MR) is 90.4 cm³/mol. The number of para-hydroxylation sites is 2. The third kappa shape index (κ3) is 5.88. The van der Waals surface area contributed by atoms with E-state index in [1.54, 1.807) is 0 Å². The minimum absolute atomic E-state index is 0.849. The topological polar surface area (TPSA) is 54.7 Å². The summed E-state index contributed by atoms with van der Waals surface area (Å²) in [5.41, 5.74) is 7.73. The molecule has 1 aromatic carbocycles. The highest BCUT2D eigenvalue weighted by Crippen LogP contribution is 2.14. The molecule has 1 heterocycles. The van der Waals surface area contributed by atoms with E-state index in [2.05, 4.69) is 28.2 Å². The average molecular weight is 287 g/mol. The lowest BCUT2D eigenvalue weighted by Crippen LogP contribution is -1.97. The van der Waals surface area contributed by atoms with Crippen LogP contribution in [-0.2, 0) is 6.42 Å². The van der Waals surface area contributed by atoms with Crippen LogP contribution in [0.25, 0.3) is 11.0 Å². The van der Waals surface area contributed by atoms with Gasteiger partial charge in [0.2, 0.25) is 0 Å². The Balaban J connectivity index is 1.50. The van der Waals surface area contributed by atoms with E-state index >= 15 is 0 Å². The summed E-state index contributed by atoms with van der Waals surface area (Å²) >= 11 is 0. The van der Waals surface area contributed by atoms with Crippen LogP contribution in [0.3, 0.4) is 0 Å². The lowest BCUT2D eigenvalue weighted by molar-refractivity contribution is 0.558. The van der Waals surface area contributed by atoms with Crippen LogP contribution in [0.15, 0.2) is 24.3 Å². The summed E-state index contributed by atoms with van der Waals surface area (Å²) in [5.74, 6) is 1.14. The summed E-state index contributed by atoms with van der Waals surface area (Å²) in [4.78, 5) is 8.03. The molecule has 3 nitrogen and oxygen atoms in total. The summed E-state index contributed by atoms with van der Waals surface area (Å²) in [7, 11) is 0. The molecule has 0 saturated heterocycles. The number of hydrogen-bond donors (Lipinski definition) is 2. The van der Waals surface area contributed by atoms with E-state index in [0.29, 0.717) is 0 Å². The molecule has 2 aromatic rings. The third-order valence-electron chi connectivity index (χ3n) is 4.06. The highest BCUT2D eigenvalue weighted by Gasteiger charge is 2.01. The van der Waals surface area contributed by atoms with Gasteiger partial charge in [0.25, 0.3) is 0 Å². The van der Waals surface area contributed by atoms with Gasteiger partial charge in [-0.2, -0.15) is 0 Å². The van der Waals surface area contributed by atoms with Crippen molar-refractivity contribution in [1.82, 2.24) is 9.97 Å². The quantitative estimate of drug-likeness (QED) is 0.595. The molecule has 0 spiro atoms. The van der Waals surface area contributed by atoms with Crippen LogP contribution in [0, 0.1) is 0 Å². The maximum atomic E-state index is 5.49. The van der Waals surface area contributed by atoms with Crippen LogP contribution in [0.4, 0.5) is 0 Å². The summed E-state index contributed by atoms with van der Waals surface area (Å²) < 4.78 is 0. The molecule has 0 aliphatic carbocycles. The second-order valence-corrected chi connectivity index (χ2v) is 5.92. The third-order valence-corrected chi connectivity index (χ3v) is 4.06. The molecule has 3 N–H and O–H groups in total. The number of H-pyrrole nitrogens is 1. The SMILES string of the molecule is NCCCCCCCCCCCc1nc2ccccc2[nH]1. The monoisotopic (exact) mass is 287 g/mol. The number of aromatic nitrogens is 2. The number of benzene rings is 1. The molecule has 21 heavy (non-hydrogen) atoms. The molecule has 116 valence electrons. The zero-order valence-corrected chi connectivity index (χ0v) is 13.1. The molecular weight excluding hydrogens is 258 g/mol. The van der Waals surface area contributed by atoms with Gasteiger partial charge in [0, 0.05) is 6.42 Å². The number of unbranched alkanes of at least 4 members (excludes halogenated alkanes) is 8. The van der Waals surface area contributed by atoms with Gasteiger partial charge in [-0.25, -0.2) is 4.98 Å². The summed E-state index contributed by atoms with van der Waals surface area (Å²) in [6, 6.07) is 8.26. The van der Waals surface area contributed by atoms with Crippen molar-refractivity contribution in [3.8, 4) is 0 Å². The molecule has 0 bridgehead atoms. The molecule has 0 radical (unpaired) electrons. The molecule has 0 fully saturated rings. The lowest BCUT2D eigenvalue weighted by atomic mass is 10.1. The van der Waals surface area contributed by atoms with Crippen molar-refractivity contribution in [3.05, 3.63) is 30.1 Å². The van der Waals surface area contributed by atoms with E-state index in [1.807, 2.05) is 6.07 Å². The van der Waals surface area contributed by atoms with E-state index < -0.39 is 0 Å². The van der Waals surface area contributed by atoms with Gasteiger partial charge in [-0.1, -0.05) is 57.1 Å². The Morgan fingerprint density at radius 1 is 0.810 bits per heavy atom. The number of nitrogens with one attached hydrogen (secondary N) is 1. The van der Waals surface area contributed by atoms with E-state index in [1.165, 1.54) is 57.8 Å². The Hall–Kier alpha value is -1.35. The van der Waals surface area contributed by atoms with Crippen molar-refractivity contribution < 1.29 is 0 Å². The van der Waals surface area contributed by atoms with E-state index in [0.717, 1.165) is 29.8 Å². The van der Waals surface area contributed by atoms with Gasteiger partial charge in [-0.15, -0.1) is 0 Å². The minimum Gasteiger partial charge on any atom is -0.342 e. The van der Waals surface area contributed by atoms with E-state index in [4.69, 9.17) is 5.73 Å². The van der Waals surface area contributed by atoms with Gasteiger partial charge in [0.05, 0.1) is 11.0 Å². The second-order valence-electron chi connectivity index (χ2n) is 5.92. The van der Waals surface area contributed by atoms with Crippen molar-refractivity contribution in [1.29, 1.82) is 0 Å². The van der Waals surface area contributed by atoms with Crippen LogP contribution in [0.1, 0.15) is 63.6 Å². The largest absolute Gasteiger partial charge is 0.342 e. The maximum absolute atomic E-state index is 5.49. The van der Waals surface area contributed by atoms with Gasteiger partial charge in [-0.05, 0) is 31.5 Å². The number of rotatable bonds is 11. The first-order valence-corrected chi connectivity index (χ1v) is 8.54. The number of fused-ring (bicyclic) bond motifs is 1. The molecule has 1 aromatic heterocycles. The van der Waals surface area contributed by atoms with Gasteiger partial charge in [0.15, 0.2) is 0 Å². The molecular formula is C18H29N3. The smallest absolute Gasteiger partial charge is 0.107 e. The summed E-state index contributed by atoms with van der Waals surface area (Å²) in [6.45, 7) is 0.849. The first-order valence-electron chi connectivity index (χ1n) is 8.54. The molecule has 0 aliphatic heterocycles. The Kier molecular flexibility index (Phi) is 7.30. The van der Waals surface area contributed by atoms with Crippen LogP contribution in [0.5, 0.6) is 0 Å². The molecule has 0 saturated carbocycles. The number of aryl methyl sites for hydroxylation is 1. The van der Waals surface area contributed by atoms with Gasteiger partial charge >= 0.3 is 0 Å². The number of aromatic amines is 1. The first kappa shape index (κ1) is 16.0. The van der Waals surface area contributed by atoms with E-state index in [9.17, 15) is 0 Å². The van der Waals surface area contributed by atoms with Crippen LogP contribution in [-0.4, -0.2) is 16.5 Å². The van der Waals surface area contributed by atoms with Crippen molar-refractivity contribution in [2.24, 2.45) is 5.73 Å². The number of hydrogen-bond acceptors (Lipinski definition) is 2. The van der Waals surface area contributed by atoms with Crippen molar-refractivity contribution >= 4 is 11.0 Å². The van der Waals surface area contributed by atoms with Gasteiger partial charge < -0.3 is 10.7 Å². The molecule has 0 atom stereocenters. The zero-order chi connectivity index (χ0) is 14.8. The van der Waals surface area contributed by atoms with Crippen LogP contribution in [0.2, 0.25) is 0 Å². The number of imidazole rings is 1. The highest BCUT2D eigenvalue weighted by atomic mass is 14.9. The normalized spacial score (nSPS) is 11.3. The van der Waals surface area contributed by atoms with Crippen molar-refractivity contribution in [2.75, 3.05) is 6.54 Å². The molecule has 0 aliphatic rings.